The predicted octanol–water partition coefficient (Wildman–Crippen LogP) is 3.50. The fourth-order valence-electron chi connectivity index (χ4n) is 2.85. The normalized spacial score (nSPS) is 26.5. The van der Waals surface area contributed by atoms with Gasteiger partial charge in [0.2, 0.25) is 0 Å². The van der Waals surface area contributed by atoms with E-state index >= 15 is 0 Å². The molecule has 3 rings (SSSR count). The number of ether oxygens (including phenoxy) is 4. The summed E-state index contributed by atoms with van der Waals surface area (Å²) in [5, 5.41) is 0. The van der Waals surface area contributed by atoms with Gasteiger partial charge in [0.1, 0.15) is 12.2 Å². The van der Waals surface area contributed by atoms with Crippen molar-refractivity contribution in [2.75, 3.05) is 13.7 Å². The smallest absolute Gasteiger partial charge is 0.186 e. The van der Waals surface area contributed by atoms with Gasteiger partial charge in [-0.3, -0.25) is 0 Å². The number of methoxy groups -OCH3 is 1. The summed E-state index contributed by atoms with van der Waals surface area (Å²) >= 11 is 0. The quantitative estimate of drug-likeness (QED) is 0.769. The Morgan fingerprint density at radius 1 is 0.880 bits per heavy atom. The van der Waals surface area contributed by atoms with E-state index in [1.807, 2.05) is 60.7 Å². The largest absolute Gasteiger partial charge is 0.367 e. The minimum Gasteiger partial charge on any atom is -0.367 e. The number of hydrogen-bond donors (Lipinski definition) is 0. The van der Waals surface area contributed by atoms with E-state index in [4.69, 9.17) is 18.9 Å². The molecule has 4 nitrogen and oxygen atoms in total. The zero-order valence-electron chi connectivity index (χ0n) is 14.2. The fourth-order valence-corrected chi connectivity index (χ4v) is 2.85. The molecule has 0 aliphatic carbocycles. The highest BCUT2D eigenvalue weighted by Gasteiger charge is 2.43. The van der Waals surface area contributed by atoms with Crippen LogP contribution in [0.4, 0.5) is 4.39 Å². The van der Waals surface area contributed by atoms with Gasteiger partial charge in [0.25, 0.3) is 0 Å². The fraction of sp³-hybridized carbons (Fsp3) is 0.400. The first-order chi connectivity index (χ1) is 12.3. The lowest BCUT2D eigenvalue weighted by molar-refractivity contribution is -0.276. The Morgan fingerprint density at radius 3 is 1.92 bits per heavy atom. The van der Waals surface area contributed by atoms with Crippen LogP contribution in [-0.2, 0) is 32.2 Å². The van der Waals surface area contributed by atoms with Crippen LogP contribution in [0.3, 0.4) is 0 Å². The van der Waals surface area contributed by atoms with Crippen molar-refractivity contribution in [1.29, 1.82) is 0 Å². The molecule has 0 saturated carbocycles. The third kappa shape index (κ3) is 4.86. The van der Waals surface area contributed by atoms with Gasteiger partial charge < -0.3 is 18.9 Å². The lowest BCUT2D eigenvalue weighted by Crippen LogP contribution is -2.54. The molecule has 0 aromatic heterocycles. The van der Waals surface area contributed by atoms with Crippen molar-refractivity contribution in [2.24, 2.45) is 0 Å². The van der Waals surface area contributed by atoms with Gasteiger partial charge in [-0.15, -0.1) is 0 Å². The maximum absolute atomic E-state index is 14.5. The van der Waals surface area contributed by atoms with Crippen molar-refractivity contribution in [3.8, 4) is 0 Å². The van der Waals surface area contributed by atoms with Gasteiger partial charge in [-0.2, -0.15) is 0 Å². The van der Waals surface area contributed by atoms with Crippen LogP contribution in [0.5, 0.6) is 0 Å². The van der Waals surface area contributed by atoms with Gasteiger partial charge in [0, 0.05) is 7.11 Å². The van der Waals surface area contributed by atoms with Crippen LogP contribution in [0, 0.1) is 0 Å². The number of rotatable bonds is 7. The summed E-state index contributed by atoms with van der Waals surface area (Å²) in [6.07, 6.45) is -3.31. The number of hydrogen-bond acceptors (Lipinski definition) is 4. The van der Waals surface area contributed by atoms with Crippen LogP contribution < -0.4 is 0 Å². The maximum Gasteiger partial charge on any atom is 0.186 e. The molecule has 0 bridgehead atoms. The highest BCUT2D eigenvalue weighted by atomic mass is 19.1. The minimum atomic E-state index is -1.27. The van der Waals surface area contributed by atoms with Crippen molar-refractivity contribution in [1.82, 2.24) is 0 Å². The van der Waals surface area contributed by atoms with Crippen molar-refractivity contribution < 1.29 is 23.3 Å². The van der Waals surface area contributed by atoms with Crippen LogP contribution in [0.2, 0.25) is 0 Å². The first-order valence-corrected chi connectivity index (χ1v) is 8.37. The standard InChI is InChI=1S/C20H23FO4/c1-22-20-19(24-13-16-10-6-3-7-11-16)18(17(21)14-25-20)23-12-15-8-4-2-5-9-15/h2-11,17-20H,12-14H2,1H3/t17-,18-,19-,20+/m1/s1. The molecule has 1 heterocycles. The molecule has 2 aromatic carbocycles. The van der Waals surface area contributed by atoms with Gasteiger partial charge in [0.05, 0.1) is 19.8 Å². The van der Waals surface area contributed by atoms with E-state index in [9.17, 15) is 4.39 Å². The van der Waals surface area contributed by atoms with Crippen molar-refractivity contribution in [2.45, 2.75) is 37.9 Å². The second kappa shape index (κ2) is 9.06. The van der Waals surface area contributed by atoms with Gasteiger partial charge >= 0.3 is 0 Å². The molecule has 0 unspecified atom stereocenters. The second-order valence-corrected chi connectivity index (χ2v) is 5.98. The van der Waals surface area contributed by atoms with E-state index in [0.29, 0.717) is 13.2 Å². The van der Waals surface area contributed by atoms with E-state index in [2.05, 4.69) is 0 Å². The molecule has 4 atom stereocenters. The van der Waals surface area contributed by atoms with Crippen LogP contribution in [0.25, 0.3) is 0 Å². The summed E-state index contributed by atoms with van der Waals surface area (Å²) in [6, 6.07) is 19.4. The minimum absolute atomic E-state index is 0.0663. The predicted molar refractivity (Wildman–Crippen MR) is 91.7 cm³/mol. The third-order valence-corrected chi connectivity index (χ3v) is 4.17. The molecule has 0 N–H and O–H groups in total. The molecule has 2 aromatic rings. The summed E-state index contributed by atoms with van der Waals surface area (Å²) in [6.45, 7) is 0.587. The zero-order valence-corrected chi connectivity index (χ0v) is 14.2. The summed E-state index contributed by atoms with van der Waals surface area (Å²) in [4.78, 5) is 0. The zero-order chi connectivity index (χ0) is 17.5. The van der Waals surface area contributed by atoms with Gasteiger partial charge in [-0.1, -0.05) is 60.7 Å². The van der Waals surface area contributed by atoms with Crippen molar-refractivity contribution in [3.05, 3.63) is 71.8 Å². The van der Waals surface area contributed by atoms with E-state index in [1.54, 1.807) is 0 Å². The van der Waals surface area contributed by atoms with Crippen molar-refractivity contribution in [3.63, 3.8) is 0 Å². The summed E-state index contributed by atoms with van der Waals surface area (Å²) in [5.41, 5.74) is 1.98. The first-order valence-electron chi connectivity index (χ1n) is 8.37. The van der Waals surface area contributed by atoms with E-state index in [0.717, 1.165) is 11.1 Å². The lowest BCUT2D eigenvalue weighted by Gasteiger charge is -2.38. The lowest BCUT2D eigenvalue weighted by atomic mass is 10.1. The Bertz CT molecular complexity index is 622. The molecule has 25 heavy (non-hydrogen) atoms. The molecule has 5 heteroatoms. The van der Waals surface area contributed by atoms with Gasteiger partial charge in [-0.05, 0) is 11.1 Å². The van der Waals surface area contributed by atoms with Crippen LogP contribution in [-0.4, -0.2) is 38.4 Å². The first kappa shape index (κ1) is 18.0. The van der Waals surface area contributed by atoms with E-state index in [-0.39, 0.29) is 6.61 Å². The molecule has 134 valence electrons. The maximum atomic E-state index is 14.5. The number of alkyl halides is 1. The second-order valence-electron chi connectivity index (χ2n) is 5.98. The van der Waals surface area contributed by atoms with E-state index < -0.39 is 24.7 Å². The topological polar surface area (TPSA) is 36.9 Å². The molecule has 1 aliphatic heterocycles. The van der Waals surface area contributed by atoms with Crippen LogP contribution in [0.1, 0.15) is 11.1 Å². The monoisotopic (exact) mass is 346 g/mol. The van der Waals surface area contributed by atoms with Crippen LogP contribution >= 0.6 is 0 Å². The Balaban J connectivity index is 1.67. The molecule has 0 radical (unpaired) electrons. The molecule has 0 spiro atoms. The Kier molecular flexibility index (Phi) is 6.53. The summed E-state index contributed by atoms with van der Waals surface area (Å²) in [5.74, 6) is 0. The highest BCUT2D eigenvalue weighted by molar-refractivity contribution is 5.14. The van der Waals surface area contributed by atoms with Gasteiger partial charge in [-0.25, -0.2) is 4.39 Å². The third-order valence-electron chi connectivity index (χ3n) is 4.17. The molecule has 1 fully saturated rings. The summed E-state index contributed by atoms with van der Waals surface area (Å²) in [7, 11) is 1.52. The molecule has 1 saturated heterocycles. The number of benzene rings is 2. The Hall–Kier alpha value is -1.79. The number of halogens is 1. The van der Waals surface area contributed by atoms with Gasteiger partial charge in [0.15, 0.2) is 12.5 Å². The SMILES string of the molecule is CO[C@H]1OC[C@@H](F)[C@@H](OCc2ccccc2)[C@H]1OCc1ccccc1. The molecule has 0 amide bonds. The van der Waals surface area contributed by atoms with E-state index in [1.165, 1.54) is 7.11 Å². The molecular weight excluding hydrogens is 323 g/mol. The Labute approximate surface area is 147 Å². The van der Waals surface area contributed by atoms with Crippen molar-refractivity contribution >= 4 is 0 Å². The summed E-state index contributed by atoms with van der Waals surface area (Å²) < 4.78 is 37.0. The van der Waals surface area contributed by atoms with Crippen LogP contribution in [0.15, 0.2) is 60.7 Å². The molecular formula is C20H23FO4. The Morgan fingerprint density at radius 2 is 1.40 bits per heavy atom. The average molecular weight is 346 g/mol. The molecule has 1 aliphatic rings. The highest BCUT2D eigenvalue weighted by Crippen LogP contribution is 2.26. The average Bonchev–Trinajstić information content (AvgIpc) is 2.67.